The topological polar surface area (TPSA) is 47.6 Å². The van der Waals surface area contributed by atoms with Gasteiger partial charge in [-0.2, -0.15) is 5.48 Å². The summed E-state index contributed by atoms with van der Waals surface area (Å²) in [6.45, 7) is 1.37. The second kappa shape index (κ2) is 5.67. The largest absolute Gasteiger partial charge is 0.538 e. The van der Waals surface area contributed by atoms with Gasteiger partial charge in [-0.15, -0.1) is 13.2 Å². The number of halogens is 3. The standard InChI is InChI=1S/C15H22F3NO3/c1-9(19-22-15(16,17)18)8-21-13(20)14-5-10-2-11(6-14)4-12(3-10)7-14/h9-12,19H,2-8H2,1H3. The smallest absolute Gasteiger partial charge is 0.464 e. The van der Waals surface area contributed by atoms with Gasteiger partial charge < -0.3 is 4.74 Å². The van der Waals surface area contributed by atoms with Crippen molar-refractivity contribution in [3.63, 3.8) is 0 Å². The molecule has 4 nitrogen and oxygen atoms in total. The monoisotopic (exact) mass is 321 g/mol. The Morgan fingerprint density at radius 1 is 1.18 bits per heavy atom. The molecule has 4 fully saturated rings. The average Bonchev–Trinajstić information content (AvgIpc) is 2.40. The van der Waals surface area contributed by atoms with Gasteiger partial charge >= 0.3 is 12.3 Å². The summed E-state index contributed by atoms with van der Waals surface area (Å²) in [5.74, 6) is 1.65. The number of hydrogen-bond acceptors (Lipinski definition) is 4. The summed E-state index contributed by atoms with van der Waals surface area (Å²) in [7, 11) is 0. The Kier molecular flexibility index (Phi) is 4.14. The Balaban J connectivity index is 1.50. The van der Waals surface area contributed by atoms with E-state index in [1.807, 2.05) is 5.48 Å². The number of rotatable bonds is 5. The van der Waals surface area contributed by atoms with Crippen molar-refractivity contribution in [2.45, 2.75) is 57.9 Å². The second-order valence-corrected chi connectivity index (χ2v) is 7.36. The SMILES string of the molecule is CC(COC(=O)C12CC3CC(CC(C3)C1)C2)NOC(F)(F)F. The highest BCUT2D eigenvalue weighted by Crippen LogP contribution is 2.60. The zero-order chi connectivity index (χ0) is 16.0. The highest BCUT2D eigenvalue weighted by Gasteiger charge is 2.55. The third kappa shape index (κ3) is 3.40. The number of esters is 1. The minimum atomic E-state index is -4.74. The molecule has 4 saturated carbocycles. The van der Waals surface area contributed by atoms with E-state index < -0.39 is 12.4 Å². The van der Waals surface area contributed by atoms with E-state index in [4.69, 9.17) is 4.74 Å². The maximum atomic E-state index is 12.5. The molecular formula is C15H22F3NO3. The highest BCUT2D eigenvalue weighted by molar-refractivity contribution is 5.77. The first-order valence-corrected chi connectivity index (χ1v) is 7.93. The van der Waals surface area contributed by atoms with Gasteiger partial charge in [-0.1, -0.05) is 0 Å². The predicted molar refractivity (Wildman–Crippen MR) is 71.3 cm³/mol. The quantitative estimate of drug-likeness (QED) is 0.624. The molecule has 0 saturated heterocycles. The van der Waals surface area contributed by atoms with Crippen molar-refractivity contribution in [3.8, 4) is 0 Å². The van der Waals surface area contributed by atoms with Gasteiger partial charge in [-0.25, -0.2) is 4.84 Å². The van der Waals surface area contributed by atoms with Crippen LogP contribution in [0.2, 0.25) is 0 Å². The van der Waals surface area contributed by atoms with Crippen LogP contribution >= 0.6 is 0 Å². The van der Waals surface area contributed by atoms with Crippen LogP contribution in [0.15, 0.2) is 0 Å². The minimum absolute atomic E-state index is 0.114. The molecule has 1 N–H and O–H groups in total. The number of alkyl halides is 3. The molecule has 0 heterocycles. The van der Waals surface area contributed by atoms with E-state index in [1.54, 1.807) is 0 Å². The predicted octanol–water partition coefficient (Wildman–Crippen LogP) is 3.18. The molecule has 1 atom stereocenters. The van der Waals surface area contributed by atoms with E-state index in [2.05, 4.69) is 4.84 Å². The molecule has 4 bridgehead atoms. The molecule has 0 aromatic carbocycles. The maximum absolute atomic E-state index is 12.5. The number of carbonyl (C=O) groups is 1. The summed E-state index contributed by atoms with van der Waals surface area (Å²) >= 11 is 0. The number of carbonyl (C=O) groups excluding carboxylic acids is 1. The van der Waals surface area contributed by atoms with Gasteiger partial charge in [0.05, 0.1) is 11.5 Å². The maximum Gasteiger partial charge on any atom is 0.538 e. The van der Waals surface area contributed by atoms with E-state index in [1.165, 1.54) is 26.2 Å². The minimum Gasteiger partial charge on any atom is -0.464 e. The summed E-state index contributed by atoms with van der Waals surface area (Å²) in [5, 5.41) is 0. The molecule has 0 amide bonds. The van der Waals surface area contributed by atoms with Crippen LogP contribution in [-0.4, -0.2) is 25.0 Å². The molecule has 0 aromatic heterocycles. The number of nitrogens with one attached hydrogen (secondary N) is 1. The fraction of sp³-hybridized carbons (Fsp3) is 0.933. The van der Waals surface area contributed by atoms with Crippen molar-refractivity contribution >= 4 is 5.97 Å². The zero-order valence-corrected chi connectivity index (χ0v) is 12.6. The van der Waals surface area contributed by atoms with Gasteiger partial charge in [0.1, 0.15) is 6.61 Å². The van der Waals surface area contributed by atoms with Crippen LogP contribution in [0.4, 0.5) is 13.2 Å². The lowest BCUT2D eigenvalue weighted by molar-refractivity contribution is -0.354. The first-order chi connectivity index (χ1) is 10.3. The van der Waals surface area contributed by atoms with E-state index in [0.29, 0.717) is 17.8 Å². The van der Waals surface area contributed by atoms with Crippen LogP contribution in [0, 0.1) is 23.2 Å². The lowest BCUT2D eigenvalue weighted by atomic mass is 9.49. The Labute approximate surface area is 127 Å². The Bertz CT molecular complexity index is 403. The Hall–Kier alpha value is -0.820. The lowest BCUT2D eigenvalue weighted by Crippen LogP contribution is -2.51. The summed E-state index contributed by atoms with van der Waals surface area (Å²) < 4.78 is 41.1. The molecule has 0 aromatic rings. The van der Waals surface area contributed by atoms with Gasteiger partial charge in [-0.05, 0) is 63.2 Å². The van der Waals surface area contributed by atoms with E-state index in [-0.39, 0.29) is 18.0 Å². The van der Waals surface area contributed by atoms with Crippen molar-refractivity contribution in [1.29, 1.82) is 0 Å². The molecule has 0 spiro atoms. The lowest BCUT2D eigenvalue weighted by Gasteiger charge is -2.55. The molecule has 4 rings (SSSR count). The normalized spacial score (nSPS) is 38.1. The van der Waals surface area contributed by atoms with Gasteiger partial charge in [0, 0.05) is 0 Å². The van der Waals surface area contributed by atoms with Gasteiger partial charge in [-0.3, -0.25) is 4.79 Å². The molecule has 22 heavy (non-hydrogen) atoms. The van der Waals surface area contributed by atoms with Gasteiger partial charge in [0.25, 0.3) is 0 Å². The van der Waals surface area contributed by atoms with Crippen LogP contribution in [-0.2, 0) is 14.4 Å². The average molecular weight is 321 g/mol. The molecule has 1 unspecified atom stereocenters. The van der Waals surface area contributed by atoms with Crippen molar-refractivity contribution in [3.05, 3.63) is 0 Å². The molecular weight excluding hydrogens is 299 g/mol. The molecule has 7 heteroatoms. The van der Waals surface area contributed by atoms with Crippen LogP contribution in [0.5, 0.6) is 0 Å². The third-order valence-corrected chi connectivity index (χ3v) is 5.31. The number of hydroxylamine groups is 1. The van der Waals surface area contributed by atoms with Crippen molar-refractivity contribution in [2.24, 2.45) is 23.2 Å². The Morgan fingerprint density at radius 3 is 2.14 bits per heavy atom. The first kappa shape index (κ1) is 16.1. The van der Waals surface area contributed by atoms with Crippen molar-refractivity contribution in [2.75, 3.05) is 6.61 Å². The Morgan fingerprint density at radius 2 is 1.68 bits per heavy atom. The van der Waals surface area contributed by atoms with Gasteiger partial charge in [0.15, 0.2) is 0 Å². The molecule has 4 aliphatic rings. The third-order valence-electron chi connectivity index (χ3n) is 5.31. The van der Waals surface area contributed by atoms with Crippen LogP contribution in [0.3, 0.4) is 0 Å². The van der Waals surface area contributed by atoms with E-state index in [0.717, 1.165) is 19.3 Å². The van der Waals surface area contributed by atoms with E-state index >= 15 is 0 Å². The molecule has 4 aliphatic carbocycles. The number of ether oxygens (including phenoxy) is 1. The van der Waals surface area contributed by atoms with Crippen molar-refractivity contribution in [1.82, 2.24) is 5.48 Å². The van der Waals surface area contributed by atoms with Crippen molar-refractivity contribution < 1.29 is 27.5 Å². The zero-order valence-electron chi connectivity index (χ0n) is 12.6. The van der Waals surface area contributed by atoms with E-state index in [9.17, 15) is 18.0 Å². The molecule has 0 aliphatic heterocycles. The van der Waals surface area contributed by atoms with Crippen LogP contribution < -0.4 is 5.48 Å². The highest BCUT2D eigenvalue weighted by atomic mass is 19.4. The van der Waals surface area contributed by atoms with Crippen LogP contribution in [0.25, 0.3) is 0 Å². The van der Waals surface area contributed by atoms with Gasteiger partial charge in [0.2, 0.25) is 0 Å². The summed E-state index contributed by atoms with van der Waals surface area (Å²) in [6.07, 6.45) is 1.60. The summed E-state index contributed by atoms with van der Waals surface area (Å²) in [4.78, 5) is 16.0. The number of hydrogen-bond donors (Lipinski definition) is 1. The second-order valence-electron chi connectivity index (χ2n) is 7.36. The van der Waals surface area contributed by atoms with Crippen LogP contribution in [0.1, 0.15) is 45.4 Å². The fourth-order valence-electron chi connectivity index (χ4n) is 4.92. The summed E-state index contributed by atoms with van der Waals surface area (Å²) in [5.41, 5.74) is 1.47. The molecule has 0 radical (unpaired) electrons. The molecule has 126 valence electrons. The fourth-order valence-corrected chi connectivity index (χ4v) is 4.92. The first-order valence-electron chi connectivity index (χ1n) is 7.93. The summed E-state index contributed by atoms with van der Waals surface area (Å²) in [6, 6.07) is -0.709.